The van der Waals surface area contributed by atoms with Crippen LogP contribution in [0.4, 0.5) is 5.69 Å². The monoisotopic (exact) mass is 395 g/mol. The van der Waals surface area contributed by atoms with Gasteiger partial charge in [-0.3, -0.25) is 14.6 Å². The molecule has 4 rings (SSSR count). The maximum atomic E-state index is 13.2. The maximum Gasteiger partial charge on any atom is 0.275 e. The molecule has 0 radical (unpaired) electrons. The summed E-state index contributed by atoms with van der Waals surface area (Å²) in [6.45, 7) is -0.00564. The molecule has 1 aliphatic carbocycles. The third kappa shape index (κ3) is 3.67. The van der Waals surface area contributed by atoms with Crippen molar-refractivity contribution in [1.29, 1.82) is 0 Å². The number of anilines is 1. The van der Waals surface area contributed by atoms with Crippen LogP contribution in [0.25, 0.3) is 0 Å². The van der Waals surface area contributed by atoms with Gasteiger partial charge < -0.3 is 10.2 Å². The molecule has 1 saturated carbocycles. The fourth-order valence-corrected chi connectivity index (χ4v) is 4.14. The molecule has 0 unspecified atom stereocenters. The molecule has 2 aromatic rings. The molecule has 1 N–H and O–H groups in total. The highest BCUT2D eigenvalue weighted by atomic mass is 35.5. The molecule has 6 heteroatoms. The number of carbonyl (C=O) groups excluding carboxylic acids is 2. The van der Waals surface area contributed by atoms with Gasteiger partial charge in [-0.2, -0.15) is 0 Å². The summed E-state index contributed by atoms with van der Waals surface area (Å²) in [5.41, 5.74) is 1.27. The molecule has 0 bridgehead atoms. The van der Waals surface area contributed by atoms with Gasteiger partial charge >= 0.3 is 0 Å². The van der Waals surface area contributed by atoms with E-state index in [-0.39, 0.29) is 18.4 Å². The summed E-state index contributed by atoms with van der Waals surface area (Å²) in [6, 6.07) is 16.4. The van der Waals surface area contributed by atoms with Crippen LogP contribution in [-0.2, 0) is 9.59 Å². The number of nitrogens with zero attached hydrogens (tertiary/aromatic N) is 2. The van der Waals surface area contributed by atoms with E-state index in [4.69, 9.17) is 16.6 Å². The Morgan fingerprint density at radius 2 is 1.71 bits per heavy atom. The Labute approximate surface area is 169 Å². The van der Waals surface area contributed by atoms with Crippen molar-refractivity contribution in [2.45, 2.75) is 37.8 Å². The lowest BCUT2D eigenvalue weighted by Gasteiger charge is -2.38. The zero-order valence-corrected chi connectivity index (χ0v) is 16.3. The number of benzene rings is 2. The Bertz CT molecular complexity index is 903. The first-order valence-electron chi connectivity index (χ1n) is 9.60. The first-order chi connectivity index (χ1) is 13.6. The van der Waals surface area contributed by atoms with Crippen LogP contribution in [0.1, 0.15) is 37.7 Å². The van der Waals surface area contributed by atoms with Gasteiger partial charge in [-0.05, 0) is 49.9 Å². The van der Waals surface area contributed by atoms with E-state index in [2.05, 4.69) is 5.32 Å². The molecular weight excluding hydrogens is 374 g/mol. The summed E-state index contributed by atoms with van der Waals surface area (Å²) < 4.78 is 0. The van der Waals surface area contributed by atoms with Gasteiger partial charge in [0.25, 0.3) is 5.91 Å². The average molecular weight is 396 g/mol. The van der Waals surface area contributed by atoms with Crippen LogP contribution in [0.2, 0.25) is 5.02 Å². The quantitative estimate of drug-likeness (QED) is 0.840. The zero-order chi connectivity index (χ0) is 19.6. The fourth-order valence-electron chi connectivity index (χ4n) is 4.01. The number of nitrogens with one attached hydrogen (secondary N) is 1. The summed E-state index contributed by atoms with van der Waals surface area (Å²) in [7, 11) is 0. The molecule has 2 aliphatic rings. The van der Waals surface area contributed by atoms with E-state index in [9.17, 15) is 9.59 Å². The molecule has 2 aromatic carbocycles. The molecule has 0 atom stereocenters. The Kier molecular flexibility index (Phi) is 5.18. The van der Waals surface area contributed by atoms with E-state index < -0.39 is 5.66 Å². The molecule has 144 valence electrons. The molecule has 28 heavy (non-hydrogen) atoms. The zero-order valence-electron chi connectivity index (χ0n) is 15.5. The number of carbonyl (C=O) groups is 2. The number of hydrogen-bond acceptors (Lipinski definition) is 3. The van der Waals surface area contributed by atoms with Crippen LogP contribution in [-0.4, -0.2) is 34.6 Å². The SMILES string of the molecule is O=C(CN1C(=O)C(c2ccc(Cl)cc2)=NC12CCCCC2)Nc1ccccc1. The first-order valence-corrected chi connectivity index (χ1v) is 9.98. The highest BCUT2D eigenvalue weighted by Gasteiger charge is 2.48. The molecule has 5 nitrogen and oxygen atoms in total. The van der Waals surface area contributed by atoms with E-state index in [1.165, 1.54) is 0 Å². The van der Waals surface area contributed by atoms with Crippen molar-refractivity contribution in [1.82, 2.24) is 4.90 Å². The van der Waals surface area contributed by atoms with Gasteiger partial charge in [-0.15, -0.1) is 0 Å². The summed E-state index contributed by atoms with van der Waals surface area (Å²) in [5.74, 6) is -0.399. The van der Waals surface area contributed by atoms with E-state index >= 15 is 0 Å². The summed E-state index contributed by atoms with van der Waals surface area (Å²) in [6.07, 6.45) is 4.71. The largest absolute Gasteiger partial charge is 0.325 e. The topological polar surface area (TPSA) is 61.8 Å². The van der Waals surface area contributed by atoms with Crippen molar-refractivity contribution in [3.8, 4) is 0 Å². The van der Waals surface area contributed by atoms with E-state index in [1.807, 2.05) is 42.5 Å². The second-order valence-corrected chi connectivity index (χ2v) is 7.75. The van der Waals surface area contributed by atoms with Crippen LogP contribution < -0.4 is 5.32 Å². The number of halogens is 1. The third-order valence-corrected chi connectivity index (χ3v) is 5.65. The number of amides is 2. The molecule has 1 fully saturated rings. The summed E-state index contributed by atoms with van der Waals surface area (Å²) in [4.78, 5) is 32.4. The van der Waals surface area contributed by atoms with E-state index in [0.717, 1.165) is 43.4 Å². The number of para-hydroxylation sites is 1. The van der Waals surface area contributed by atoms with Crippen molar-refractivity contribution in [2.24, 2.45) is 4.99 Å². The van der Waals surface area contributed by atoms with Crippen molar-refractivity contribution in [3.63, 3.8) is 0 Å². The normalized spacial score (nSPS) is 18.2. The van der Waals surface area contributed by atoms with Gasteiger partial charge in [-0.1, -0.05) is 48.4 Å². The minimum Gasteiger partial charge on any atom is -0.325 e. The smallest absolute Gasteiger partial charge is 0.275 e. The standard InChI is InChI=1S/C22H22ClN3O2/c23-17-11-9-16(10-12-17)20-21(28)26(22(25-20)13-5-2-6-14-22)15-19(27)24-18-7-3-1-4-8-18/h1,3-4,7-12H,2,5-6,13-15H2,(H,24,27). The van der Waals surface area contributed by atoms with Gasteiger partial charge in [0, 0.05) is 16.3 Å². The highest BCUT2D eigenvalue weighted by Crippen LogP contribution is 2.39. The maximum absolute atomic E-state index is 13.2. The van der Waals surface area contributed by atoms with Crippen LogP contribution in [0.3, 0.4) is 0 Å². The number of hydrogen-bond donors (Lipinski definition) is 1. The molecule has 0 aromatic heterocycles. The van der Waals surface area contributed by atoms with Crippen LogP contribution in [0, 0.1) is 0 Å². The Balaban J connectivity index is 1.59. The van der Waals surface area contributed by atoms with Crippen LogP contribution in [0.5, 0.6) is 0 Å². The Hall–Kier alpha value is -2.66. The van der Waals surface area contributed by atoms with Crippen LogP contribution >= 0.6 is 11.6 Å². The lowest BCUT2D eigenvalue weighted by atomic mass is 9.88. The van der Waals surface area contributed by atoms with Gasteiger partial charge in [0.15, 0.2) is 0 Å². The van der Waals surface area contributed by atoms with Gasteiger partial charge in [-0.25, -0.2) is 0 Å². The highest BCUT2D eigenvalue weighted by molar-refractivity contribution is 6.47. The fraction of sp³-hybridized carbons (Fsp3) is 0.318. The lowest BCUT2D eigenvalue weighted by molar-refractivity contribution is -0.134. The minimum absolute atomic E-state index is 0.00564. The molecule has 1 spiro atoms. The van der Waals surface area contributed by atoms with Gasteiger partial charge in [0.05, 0.1) is 0 Å². The predicted molar refractivity (Wildman–Crippen MR) is 111 cm³/mol. The Morgan fingerprint density at radius 1 is 1.04 bits per heavy atom. The minimum atomic E-state index is -0.613. The van der Waals surface area contributed by atoms with Crippen LogP contribution in [0.15, 0.2) is 59.6 Å². The first kappa shape index (κ1) is 18.7. The summed E-state index contributed by atoms with van der Waals surface area (Å²) >= 11 is 5.98. The van der Waals surface area contributed by atoms with Crippen molar-refractivity contribution < 1.29 is 9.59 Å². The number of rotatable bonds is 4. The van der Waals surface area contributed by atoms with E-state index in [1.54, 1.807) is 17.0 Å². The molecular formula is C22H22ClN3O2. The van der Waals surface area contributed by atoms with Crippen molar-refractivity contribution >= 4 is 34.8 Å². The molecule has 0 saturated heterocycles. The summed E-state index contributed by atoms with van der Waals surface area (Å²) in [5, 5.41) is 3.48. The average Bonchev–Trinajstić information content (AvgIpc) is 2.96. The second kappa shape index (κ2) is 7.76. The van der Waals surface area contributed by atoms with Gasteiger partial charge in [0.1, 0.15) is 17.9 Å². The third-order valence-electron chi connectivity index (χ3n) is 5.40. The Morgan fingerprint density at radius 3 is 2.39 bits per heavy atom. The van der Waals surface area contributed by atoms with Gasteiger partial charge in [0.2, 0.25) is 5.91 Å². The lowest BCUT2D eigenvalue weighted by Crippen LogP contribution is -2.51. The van der Waals surface area contributed by atoms with E-state index in [0.29, 0.717) is 10.7 Å². The molecule has 2 amide bonds. The van der Waals surface area contributed by atoms with Crippen molar-refractivity contribution in [2.75, 3.05) is 11.9 Å². The predicted octanol–water partition coefficient (Wildman–Crippen LogP) is 4.27. The van der Waals surface area contributed by atoms with Crippen molar-refractivity contribution in [3.05, 3.63) is 65.2 Å². The number of aliphatic imine (C=N–C) groups is 1. The second-order valence-electron chi connectivity index (χ2n) is 7.32. The molecule has 1 heterocycles. The molecule has 1 aliphatic heterocycles.